The van der Waals surface area contributed by atoms with Crippen LogP contribution in [0.4, 0.5) is 5.69 Å². The summed E-state index contributed by atoms with van der Waals surface area (Å²) in [4.78, 5) is 0. The molecule has 108 valence electrons. The number of rotatable bonds is 6. The molecule has 1 aromatic heterocycles. The van der Waals surface area contributed by atoms with Crippen LogP contribution in [0.25, 0.3) is 0 Å². The smallest absolute Gasteiger partial charge is 0.156 e. The van der Waals surface area contributed by atoms with E-state index in [1.807, 2.05) is 18.2 Å². The highest BCUT2D eigenvalue weighted by Crippen LogP contribution is 2.36. The summed E-state index contributed by atoms with van der Waals surface area (Å²) >= 11 is 11.2. The van der Waals surface area contributed by atoms with Crippen LogP contribution < -0.4 is 10.1 Å². The molecule has 0 spiro atoms. The van der Waals surface area contributed by atoms with E-state index in [4.69, 9.17) is 20.8 Å². The Morgan fingerprint density at radius 2 is 2.10 bits per heavy atom. The highest BCUT2D eigenvalue weighted by atomic mass is 79.9. The van der Waals surface area contributed by atoms with Gasteiger partial charge in [0.2, 0.25) is 0 Å². The van der Waals surface area contributed by atoms with Gasteiger partial charge in [-0.15, -0.1) is 0 Å². The first-order chi connectivity index (χ1) is 9.63. The van der Waals surface area contributed by atoms with Crippen molar-refractivity contribution in [2.45, 2.75) is 12.3 Å². The highest BCUT2D eigenvalue weighted by Gasteiger charge is 2.10. The van der Waals surface area contributed by atoms with E-state index in [2.05, 4.69) is 27.5 Å². The number of hydrogen-bond donors (Lipinski definition) is 1. The Morgan fingerprint density at radius 1 is 1.35 bits per heavy atom. The van der Waals surface area contributed by atoms with Crippen molar-refractivity contribution in [3.63, 3.8) is 0 Å². The lowest BCUT2D eigenvalue weighted by molar-refractivity contribution is 0.413. The predicted molar refractivity (Wildman–Crippen MR) is 89.0 cm³/mol. The molecular weight excluding hydrogens is 362 g/mol. The molecule has 0 radical (unpaired) electrons. The second-order valence-corrected chi connectivity index (χ2v) is 6.28. The van der Waals surface area contributed by atoms with Crippen LogP contribution in [0.2, 0.25) is 5.02 Å². The third-order valence-corrected chi connectivity index (χ3v) is 4.05. The molecule has 1 N–H and O–H groups in total. The summed E-state index contributed by atoms with van der Waals surface area (Å²) in [6.45, 7) is 0.581. The molecule has 6 heteroatoms. The molecule has 0 amide bonds. The van der Waals surface area contributed by atoms with E-state index in [0.29, 0.717) is 11.6 Å². The maximum Gasteiger partial charge on any atom is 0.156 e. The Kier molecular flexibility index (Phi) is 5.69. The molecule has 20 heavy (non-hydrogen) atoms. The van der Waals surface area contributed by atoms with E-state index in [9.17, 15) is 0 Å². The molecule has 0 fully saturated rings. The van der Waals surface area contributed by atoms with Crippen LogP contribution in [-0.2, 0) is 12.3 Å². The zero-order chi connectivity index (χ0) is 14.5. The molecule has 0 saturated heterocycles. The van der Waals surface area contributed by atoms with Gasteiger partial charge in [-0.25, -0.2) is 0 Å². The molecule has 0 bridgehead atoms. The first-order valence-corrected chi connectivity index (χ1v) is 8.54. The molecule has 0 aliphatic carbocycles. The number of hydrogen-bond acceptors (Lipinski definition) is 4. The van der Waals surface area contributed by atoms with Gasteiger partial charge in [0, 0.05) is 5.02 Å². The average Bonchev–Trinajstić information content (AvgIpc) is 2.84. The molecule has 0 aliphatic heterocycles. The normalized spacial score (nSPS) is 10.6. The Balaban J connectivity index is 2.09. The van der Waals surface area contributed by atoms with Gasteiger partial charge in [-0.1, -0.05) is 11.6 Å². The fourth-order valence-corrected chi connectivity index (χ4v) is 3.23. The first kappa shape index (κ1) is 15.6. The molecular formula is C14H15BrClNO2S. The number of methoxy groups -OCH3 is 1. The van der Waals surface area contributed by atoms with Crippen LogP contribution >= 0.6 is 39.3 Å². The van der Waals surface area contributed by atoms with Gasteiger partial charge in [0.1, 0.15) is 11.5 Å². The monoisotopic (exact) mass is 375 g/mol. The fourth-order valence-electron chi connectivity index (χ4n) is 1.82. The summed E-state index contributed by atoms with van der Waals surface area (Å²) in [5.41, 5.74) is 0.828. The number of ether oxygens (including phenoxy) is 1. The summed E-state index contributed by atoms with van der Waals surface area (Å²) in [7, 11) is 1.63. The maximum atomic E-state index is 6.05. The minimum atomic E-state index is 0.581. The van der Waals surface area contributed by atoms with Gasteiger partial charge in [0.15, 0.2) is 5.75 Å². The van der Waals surface area contributed by atoms with Crippen molar-refractivity contribution in [1.82, 2.24) is 0 Å². The van der Waals surface area contributed by atoms with Gasteiger partial charge in [0.05, 0.1) is 29.6 Å². The quantitative estimate of drug-likeness (QED) is 0.753. The van der Waals surface area contributed by atoms with E-state index in [1.165, 1.54) is 0 Å². The first-order valence-electron chi connectivity index (χ1n) is 5.97. The Bertz CT molecular complexity index is 589. The fraction of sp³-hybridized carbons (Fsp3) is 0.286. The SMILES string of the molecule is COc1c(Br)cc(Cl)cc1NCc1ccc(CSC)o1. The van der Waals surface area contributed by atoms with Crippen LogP contribution in [-0.4, -0.2) is 13.4 Å². The molecule has 2 rings (SSSR count). The van der Waals surface area contributed by atoms with Crippen molar-refractivity contribution >= 4 is 45.0 Å². The summed E-state index contributed by atoms with van der Waals surface area (Å²) in [6, 6.07) is 7.61. The third kappa shape index (κ3) is 3.87. The van der Waals surface area contributed by atoms with Gasteiger partial charge in [-0.05, 0) is 46.5 Å². The Hall–Kier alpha value is -0.780. The van der Waals surface area contributed by atoms with Gasteiger partial charge in [-0.3, -0.25) is 0 Å². The largest absolute Gasteiger partial charge is 0.493 e. The van der Waals surface area contributed by atoms with E-state index in [-0.39, 0.29) is 0 Å². The molecule has 0 saturated carbocycles. The van der Waals surface area contributed by atoms with Gasteiger partial charge in [0.25, 0.3) is 0 Å². The predicted octanol–water partition coefficient (Wildman–Crippen LogP) is 5.18. The third-order valence-electron chi connectivity index (χ3n) is 2.67. The van der Waals surface area contributed by atoms with E-state index in [0.717, 1.165) is 33.2 Å². The summed E-state index contributed by atoms with van der Waals surface area (Å²) < 4.78 is 11.9. The molecule has 1 heterocycles. The lowest BCUT2D eigenvalue weighted by Crippen LogP contribution is -2.01. The van der Waals surface area contributed by atoms with E-state index >= 15 is 0 Å². The van der Waals surface area contributed by atoms with Gasteiger partial charge >= 0.3 is 0 Å². The van der Waals surface area contributed by atoms with Crippen LogP contribution in [0.3, 0.4) is 0 Å². The van der Waals surface area contributed by atoms with Crippen molar-refractivity contribution < 1.29 is 9.15 Å². The van der Waals surface area contributed by atoms with Crippen LogP contribution in [0.1, 0.15) is 11.5 Å². The maximum absolute atomic E-state index is 6.05. The highest BCUT2D eigenvalue weighted by molar-refractivity contribution is 9.10. The minimum Gasteiger partial charge on any atom is -0.493 e. The zero-order valence-electron chi connectivity index (χ0n) is 11.2. The minimum absolute atomic E-state index is 0.581. The van der Waals surface area contributed by atoms with Crippen molar-refractivity contribution in [1.29, 1.82) is 0 Å². The standard InChI is InChI=1S/C14H15BrClNO2S/c1-18-14-12(15)5-9(16)6-13(14)17-7-10-3-4-11(19-10)8-20-2/h3-6,17H,7-8H2,1-2H3. The molecule has 1 aromatic carbocycles. The Morgan fingerprint density at radius 3 is 2.80 bits per heavy atom. The molecule has 3 nitrogen and oxygen atoms in total. The van der Waals surface area contributed by atoms with Gasteiger partial charge in [-0.2, -0.15) is 11.8 Å². The number of nitrogens with one attached hydrogen (secondary N) is 1. The molecule has 0 unspecified atom stereocenters. The summed E-state index contributed by atoms with van der Waals surface area (Å²) in [5, 5.41) is 3.92. The second kappa shape index (κ2) is 7.29. The van der Waals surface area contributed by atoms with Gasteiger partial charge < -0.3 is 14.5 Å². The Labute approximate surface area is 136 Å². The summed E-state index contributed by atoms with van der Waals surface area (Å²) in [6.07, 6.45) is 2.05. The summed E-state index contributed by atoms with van der Waals surface area (Å²) in [5.74, 6) is 3.47. The number of halogens is 2. The molecule has 0 atom stereocenters. The molecule has 0 aliphatic rings. The number of benzene rings is 1. The van der Waals surface area contributed by atoms with Crippen molar-refractivity contribution in [3.05, 3.63) is 45.3 Å². The van der Waals surface area contributed by atoms with Crippen molar-refractivity contribution in [3.8, 4) is 5.75 Å². The topological polar surface area (TPSA) is 34.4 Å². The number of anilines is 1. The lowest BCUT2D eigenvalue weighted by Gasteiger charge is -2.12. The average molecular weight is 377 g/mol. The lowest BCUT2D eigenvalue weighted by atomic mass is 10.3. The van der Waals surface area contributed by atoms with E-state index in [1.54, 1.807) is 24.9 Å². The van der Waals surface area contributed by atoms with Crippen LogP contribution in [0, 0.1) is 0 Å². The second-order valence-electron chi connectivity index (χ2n) is 4.12. The van der Waals surface area contributed by atoms with E-state index < -0.39 is 0 Å². The van der Waals surface area contributed by atoms with Crippen molar-refractivity contribution in [2.24, 2.45) is 0 Å². The number of furan rings is 1. The molecule has 2 aromatic rings. The van der Waals surface area contributed by atoms with Crippen LogP contribution in [0.5, 0.6) is 5.75 Å². The van der Waals surface area contributed by atoms with Crippen LogP contribution in [0.15, 0.2) is 33.2 Å². The number of thioether (sulfide) groups is 1. The van der Waals surface area contributed by atoms with Crippen molar-refractivity contribution in [2.75, 3.05) is 18.7 Å². The zero-order valence-corrected chi connectivity index (χ0v) is 14.4.